The highest BCUT2D eigenvalue weighted by atomic mass is 16.5. The number of aliphatic hydroxyl groups is 1. The lowest BCUT2D eigenvalue weighted by Gasteiger charge is -2.28. The van der Waals surface area contributed by atoms with Gasteiger partial charge in [-0.2, -0.15) is 0 Å². The van der Waals surface area contributed by atoms with E-state index in [9.17, 15) is 5.11 Å². The first-order chi connectivity index (χ1) is 9.71. The van der Waals surface area contributed by atoms with Gasteiger partial charge >= 0.3 is 0 Å². The quantitative estimate of drug-likeness (QED) is 0.805. The zero-order valence-electron chi connectivity index (χ0n) is 12.7. The maximum absolute atomic E-state index is 9.69. The van der Waals surface area contributed by atoms with Gasteiger partial charge < -0.3 is 15.2 Å². The zero-order valence-corrected chi connectivity index (χ0v) is 12.7. The lowest BCUT2D eigenvalue weighted by molar-refractivity contribution is 0.140. The highest BCUT2D eigenvalue weighted by Crippen LogP contribution is 2.32. The molecule has 2 unspecified atom stereocenters. The number of nitrogens with one attached hydrogen (secondary N) is 1. The van der Waals surface area contributed by atoms with Crippen LogP contribution in [0, 0.1) is 0 Å². The van der Waals surface area contributed by atoms with Gasteiger partial charge in [0.1, 0.15) is 11.9 Å². The molecule has 0 heterocycles. The Labute approximate surface area is 122 Å². The fourth-order valence-electron chi connectivity index (χ4n) is 2.96. The van der Waals surface area contributed by atoms with Crippen molar-refractivity contribution in [3.8, 4) is 5.75 Å². The van der Waals surface area contributed by atoms with E-state index in [2.05, 4.69) is 37.4 Å². The van der Waals surface area contributed by atoms with Gasteiger partial charge in [-0.25, -0.2) is 0 Å². The van der Waals surface area contributed by atoms with E-state index in [1.807, 2.05) is 6.07 Å². The molecule has 20 heavy (non-hydrogen) atoms. The van der Waals surface area contributed by atoms with Crippen molar-refractivity contribution in [2.24, 2.45) is 0 Å². The van der Waals surface area contributed by atoms with Crippen LogP contribution in [0.1, 0.15) is 45.1 Å². The Morgan fingerprint density at radius 1 is 1.40 bits per heavy atom. The summed E-state index contributed by atoms with van der Waals surface area (Å²) in [5.74, 6) is 0.957. The standard InChI is InChI=1S/C17H27NO2/c1-3-10-18-17(13-19)9-8-16(12-17)20-15-7-5-6-14(4-2)11-15/h5-7,11,16,18-19H,3-4,8-10,12-13H2,1-2H3. The molecular weight excluding hydrogens is 250 g/mol. The summed E-state index contributed by atoms with van der Waals surface area (Å²) >= 11 is 0. The molecule has 0 aromatic heterocycles. The smallest absolute Gasteiger partial charge is 0.119 e. The van der Waals surface area contributed by atoms with Gasteiger partial charge in [0, 0.05) is 12.0 Å². The average molecular weight is 277 g/mol. The number of ether oxygens (including phenoxy) is 1. The zero-order chi connectivity index (χ0) is 14.4. The van der Waals surface area contributed by atoms with Gasteiger partial charge in [0.25, 0.3) is 0 Å². The van der Waals surface area contributed by atoms with E-state index >= 15 is 0 Å². The molecule has 1 aliphatic rings. The Kier molecular flexibility index (Phi) is 5.44. The van der Waals surface area contributed by atoms with Crippen LogP contribution < -0.4 is 10.1 Å². The minimum atomic E-state index is -0.136. The van der Waals surface area contributed by atoms with Crippen LogP contribution in [0.25, 0.3) is 0 Å². The molecule has 2 rings (SSSR count). The molecule has 0 bridgehead atoms. The second-order valence-electron chi connectivity index (χ2n) is 5.85. The Morgan fingerprint density at radius 2 is 2.25 bits per heavy atom. The van der Waals surface area contributed by atoms with Crippen molar-refractivity contribution in [3.63, 3.8) is 0 Å². The van der Waals surface area contributed by atoms with Crippen LogP contribution in [0.15, 0.2) is 24.3 Å². The number of aliphatic hydroxyl groups excluding tert-OH is 1. The second-order valence-corrected chi connectivity index (χ2v) is 5.85. The maximum Gasteiger partial charge on any atom is 0.119 e. The highest BCUT2D eigenvalue weighted by molar-refractivity contribution is 5.28. The van der Waals surface area contributed by atoms with Crippen LogP contribution in [0.4, 0.5) is 0 Å². The molecule has 1 aliphatic carbocycles. The van der Waals surface area contributed by atoms with Gasteiger partial charge in [-0.15, -0.1) is 0 Å². The molecule has 0 spiro atoms. The summed E-state index contributed by atoms with van der Waals surface area (Å²) in [6.07, 6.45) is 5.21. The maximum atomic E-state index is 9.69. The largest absolute Gasteiger partial charge is 0.490 e. The Hall–Kier alpha value is -1.06. The Morgan fingerprint density at radius 3 is 2.95 bits per heavy atom. The lowest BCUT2D eigenvalue weighted by Crippen LogP contribution is -2.47. The SMILES string of the molecule is CCCNC1(CO)CCC(Oc2cccc(CC)c2)C1. The Balaban J connectivity index is 1.94. The topological polar surface area (TPSA) is 41.5 Å². The first-order valence-corrected chi connectivity index (χ1v) is 7.83. The molecule has 2 N–H and O–H groups in total. The molecule has 0 amide bonds. The molecule has 1 fully saturated rings. The van der Waals surface area contributed by atoms with Gasteiger partial charge in [0.2, 0.25) is 0 Å². The van der Waals surface area contributed by atoms with Crippen molar-refractivity contribution < 1.29 is 9.84 Å². The van der Waals surface area contributed by atoms with Crippen LogP contribution in [0.2, 0.25) is 0 Å². The minimum absolute atomic E-state index is 0.136. The number of rotatable bonds is 7. The molecule has 0 saturated heterocycles. The Bertz CT molecular complexity index is 421. The third-order valence-electron chi connectivity index (χ3n) is 4.23. The van der Waals surface area contributed by atoms with Crippen LogP contribution in [-0.4, -0.2) is 29.9 Å². The van der Waals surface area contributed by atoms with E-state index in [0.29, 0.717) is 0 Å². The summed E-state index contributed by atoms with van der Waals surface area (Å²) in [6, 6.07) is 8.33. The summed E-state index contributed by atoms with van der Waals surface area (Å²) in [7, 11) is 0. The first kappa shape index (κ1) is 15.3. The molecule has 1 saturated carbocycles. The van der Waals surface area contributed by atoms with Crippen LogP contribution in [-0.2, 0) is 6.42 Å². The molecule has 0 radical (unpaired) electrons. The highest BCUT2D eigenvalue weighted by Gasteiger charge is 2.39. The third-order valence-corrected chi connectivity index (χ3v) is 4.23. The van der Waals surface area contributed by atoms with Crippen LogP contribution in [0.5, 0.6) is 5.75 Å². The molecule has 112 valence electrons. The normalized spacial score (nSPS) is 25.9. The predicted molar refractivity (Wildman–Crippen MR) is 82.2 cm³/mol. The van der Waals surface area contributed by atoms with Gasteiger partial charge in [0.15, 0.2) is 0 Å². The van der Waals surface area contributed by atoms with E-state index < -0.39 is 0 Å². The minimum Gasteiger partial charge on any atom is -0.490 e. The first-order valence-electron chi connectivity index (χ1n) is 7.83. The van der Waals surface area contributed by atoms with Crippen molar-refractivity contribution in [2.45, 2.75) is 57.6 Å². The molecule has 3 heteroatoms. The van der Waals surface area contributed by atoms with E-state index in [-0.39, 0.29) is 18.2 Å². The molecule has 2 atom stereocenters. The van der Waals surface area contributed by atoms with Crippen molar-refractivity contribution in [1.82, 2.24) is 5.32 Å². The number of aryl methyl sites for hydroxylation is 1. The van der Waals surface area contributed by atoms with Gasteiger partial charge in [-0.1, -0.05) is 26.0 Å². The fraction of sp³-hybridized carbons (Fsp3) is 0.647. The van der Waals surface area contributed by atoms with E-state index in [4.69, 9.17) is 4.74 Å². The fourth-order valence-corrected chi connectivity index (χ4v) is 2.96. The molecule has 3 nitrogen and oxygen atoms in total. The molecule has 0 aliphatic heterocycles. The summed E-state index contributed by atoms with van der Waals surface area (Å²) in [5, 5.41) is 13.2. The van der Waals surface area contributed by atoms with E-state index in [1.165, 1.54) is 5.56 Å². The summed E-state index contributed by atoms with van der Waals surface area (Å²) in [4.78, 5) is 0. The predicted octanol–water partition coefficient (Wildman–Crippen LogP) is 2.91. The summed E-state index contributed by atoms with van der Waals surface area (Å²) in [5.41, 5.74) is 1.17. The second kappa shape index (κ2) is 7.09. The van der Waals surface area contributed by atoms with Crippen molar-refractivity contribution >= 4 is 0 Å². The van der Waals surface area contributed by atoms with Crippen molar-refractivity contribution in [3.05, 3.63) is 29.8 Å². The average Bonchev–Trinajstić information content (AvgIpc) is 2.89. The van der Waals surface area contributed by atoms with Crippen LogP contribution in [0.3, 0.4) is 0 Å². The third kappa shape index (κ3) is 3.74. The summed E-state index contributed by atoms with van der Waals surface area (Å²) in [6.45, 7) is 5.46. The van der Waals surface area contributed by atoms with E-state index in [1.54, 1.807) is 0 Å². The van der Waals surface area contributed by atoms with Crippen molar-refractivity contribution in [1.29, 1.82) is 0 Å². The molecule has 1 aromatic rings. The number of benzene rings is 1. The lowest BCUT2D eigenvalue weighted by atomic mass is 9.98. The molecular formula is C17H27NO2. The summed E-state index contributed by atoms with van der Waals surface area (Å²) < 4.78 is 6.10. The number of hydrogen-bond donors (Lipinski definition) is 2. The van der Waals surface area contributed by atoms with E-state index in [0.717, 1.165) is 44.4 Å². The van der Waals surface area contributed by atoms with Gasteiger partial charge in [-0.3, -0.25) is 0 Å². The van der Waals surface area contributed by atoms with Crippen molar-refractivity contribution in [2.75, 3.05) is 13.2 Å². The monoisotopic (exact) mass is 277 g/mol. The van der Waals surface area contributed by atoms with Gasteiger partial charge in [0.05, 0.1) is 6.61 Å². The van der Waals surface area contributed by atoms with Crippen LogP contribution >= 0.6 is 0 Å². The number of hydrogen-bond acceptors (Lipinski definition) is 3. The van der Waals surface area contributed by atoms with Gasteiger partial charge in [-0.05, 0) is 49.9 Å². The molecule has 1 aromatic carbocycles.